The lowest BCUT2D eigenvalue weighted by Gasteiger charge is -2.59. The molecule has 0 saturated heterocycles. The first kappa shape index (κ1) is 16.7. The number of rotatable bonds is 1. The zero-order chi connectivity index (χ0) is 17.3. The van der Waals surface area contributed by atoms with Gasteiger partial charge >= 0.3 is 0 Å². The van der Waals surface area contributed by atoms with Crippen LogP contribution in [0.15, 0.2) is 11.6 Å². The number of halogens is 2. The highest BCUT2D eigenvalue weighted by Crippen LogP contribution is 2.66. The van der Waals surface area contributed by atoms with Crippen LogP contribution in [0.2, 0.25) is 0 Å². The zero-order valence-electron chi connectivity index (χ0n) is 14.6. The predicted octanol–water partition coefficient (Wildman–Crippen LogP) is 4.37. The first-order valence-corrected chi connectivity index (χ1v) is 9.49. The molecule has 3 saturated carbocycles. The van der Waals surface area contributed by atoms with Crippen molar-refractivity contribution in [2.45, 2.75) is 71.3 Å². The molecule has 0 amide bonds. The van der Waals surface area contributed by atoms with E-state index in [0.717, 1.165) is 32.1 Å². The van der Waals surface area contributed by atoms with Gasteiger partial charge < -0.3 is 5.11 Å². The highest BCUT2D eigenvalue weighted by molar-refractivity contribution is 5.91. The summed E-state index contributed by atoms with van der Waals surface area (Å²) in [5.41, 5.74) is 0.667. The van der Waals surface area contributed by atoms with Crippen molar-refractivity contribution in [1.82, 2.24) is 0 Å². The van der Waals surface area contributed by atoms with Crippen molar-refractivity contribution in [1.29, 1.82) is 0 Å². The summed E-state index contributed by atoms with van der Waals surface area (Å²) in [6.45, 7) is 4.19. The first-order valence-electron chi connectivity index (χ1n) is 9.49. The molecule has 0 aromatic carbocycles. The average Bonchev–Trinajstić information content (AvgIpc) is 2.77. The Balaban J connectivity index is 1.78. The van der Waals surface area contributed by atoms with E-state index in [9.17, 15) is 18.7 Å². The predicted molar refractivity (Wildman–Crippen MR) is 87.6 cm³/mol. The van der Waals surface area contributed by atoms with Gasteiger partial charge in [-0.3, -0.25) is 4.79 Å². The number of carbonyl (C=O) groups excluding carboxylic acids is 1. The van der Waals surface area contributed by atoms with Crippen molar-refractivity contribution in [2.75, 3.05) is 0 Å². The highest BCUT2D eigenvalue weighted by Gasteiger charge is 2.64. The van der Waals surface area contributed by atoms with Crippen LogP contribution in [-0.2, 0) is 4.79 Å². The molecule has 24 heavy (non-hydrogen) atoms. The van der Waals surface area contributed by atoms with Crippen LogP contribution in [0.25, 0.3) is 0 Å². The SMILES string of the molecule is C[C@]12CCCC=C1C[C@@H](C(F)F)[C@@H]1[C@@H]2CC[C@]2(C)C(=O)[C@H](O)C[C@@H]12. The molecular formula is C20H28F2O2. The monoisotopic (exact) mass is 338 g/mol. The normalized spacial score (nSPS) is 51.0. The maximum atomic E-state index is 14.0. The fourth-order valence-corrected chi connectivity index (χ4v) is 6.86. The Labute approximate surface area is 142 Å². The summed E-state index contributed by atoms with van der Waals surface area (Å²) in [4.78, 5) is 12.5. The Morgan fingerprint density at radius 3 is 2.67 bits per heavy atom. The maximum Gasteiger partial charge on any atom is 0.242 e. The Morgan fingerprint density at radius 2 is 1.96 bits per heavy atom. The van der Waals surface area contributed by atoms with E-state index in [-0.39, 0.29) is 29.0 Å². The molecule has 4 aliphatic rings. The van der Waals surface area contributed by atoms with Crippen molar-refractivity contribution < 1.29 is 18.7 Å². The number of allylic oxidation sites excluding steroid dienone is 2. The van der Waals surface area contributed by atoms with E-state index >= 15 is 0 Å². The van der Waals surface area contributed by atoms with Gasteiger partial charge in [0.2, 0.25) is 6.43 Å². The third kappa shape index (κ3) is 2.04. The molecule has 4 rings (SSSR count). The van der Waals surface area contributed by atoms with E-state index in [1.54, 1.807) is 0 Å². The van der Waals surface area contributed by atoms with Crippen LogP contribution in [0.1, 0.15) is 58.8 Å². The lowest BCUT2D eigenvalue weighted by molar-refractivity contribution is -0.142. The topological polar surface area (TPSA) is 37.3 Å². The van der Waals surface area contributed by atoms with Crippen molar-refractivity contribution in [2.24, 2.45) is 34.5 Å². The molecule has 0 unspecified atom stereocenters. The van der Waals surface area contributed by atoms with Gasteiger partial charge in [0.1, 0.15) is 6.10 Å². The molecule has 4 aliphatic carbocycles. The molecule has 0 aromatic heterocycles. The van der Waals surface area contributed by atoms with Crippen LogP contribution in [-0.4, -0.2) is 23.4 Å². The Bertz CT molecular complexity index is 586. The van der Waals surface area contributed by atoms with E-state index in [4.69, 9.17) is 0 Å². The molecule has 3 fully saturated rings. The fraction of sp³-hybridized carbons (Fsp3) is 0.850. The summed E-state index contributed by atoms with van der Waals surface area (Å²) in [5.74, 6) is -0.750. The maximum absolute atomic E-state index is 14.0. The number of alkyl halides is 2. The number of aliphatic hydroxyl groups excluding tert-OH is 1. The van der Waals surface area contributed by atoms with E-state index in [0.29, 0.717) is 12.8 Å². The second-order valence-corrected chi connectivity index (χ2v) is 9.10. The van der Waals surface area contributed by atoms with E-state index in [2.05, 4.69) is 13.0 Å². The van der Waals surface area contributed by atoms with Gasteiger partial charge in [0.15, 0.2) is 5.78 Å². The minimum Gasteiger partial charge on any atom is -0.385 e. The van der Waals surface area contributed by atoms with Crippen LogP contribution in [0.5, 0.6) is 0 Å². The zero-order valence-corrected chi connectivity index (χ0v) is 14.6. The van der Waals surface area contributed by atoms with Gasteiger partial charge in [-0.05, 0) is 68.1 Å². The van der Waals surface area contributed by atoms with Gasteiger partial charge in [-0.1, -0.05) is 25.5 Å². The molecule has 2 nitrogen and oxygen atoms in total. The van der Waals surface area contributed by atoms with Gasteiger partial charge in [0, 0.05) is 11.3 Å². The Morgan fingerprint density at radius 1 is 1.21 bits per heavy atom. The van der Waals surface area contributed by atoms with E-state index in [1.165, 1.54) is 5.57 Å². The summed E-state index contributed by atoms with van der Waals surface area (Å²) in [6, 6.07) is 0. The van der Waals surface area contributed by atoms with Crippen molar-refractivity contribution >= 4 is 5.78 Å². The van der Waals surface area contributed by atoms with E-state index in [1.807, 2.05) is 6.92 Å². The molecule has 0 heterocycles. The third-order valence-electron chi connectivity index (χ3n) is 8.18. The largest absolute Gasteiger partial charge is 0.385 e. The van der Waals surface area contributed by atoms with Gasteiger partial charge in [-0.25, -0.2) is 8.78 Å². The third-order valence-corrected chi connectivity index (χ3v) is 8.18. The van der Waals surface area contributed by atoms with Crippen molar-refractivity contribution in [3.05, 3.63) is 11.6 Å². The summed E-state index contributed by atoms with van der Waals surface area (Å²) in [7, 11) is 0. The van der Waals surface area contributed by atoms with E-state index < -0.39 is 23.9 Å². The second-order valence-electron chi connectivity index (χ2n) is 9.10. The number of fused-ring (bicyclic) bond motifs is 5. The van der Waals surface area contributed by atoms with Crippen molar-refractivity contribution in [3.8, 4) is 0 Å². The molecule has 0 radical (unpaired) electrons. The molecule has 0 aliphatic heterocycles. The average molecular weight is 338 g/mol. The van der Waals surface area contributed by atoms with Crippen LogP contribution < -0.4 is 0 Å². The molecule has 1 N–H and O–H groups in total. The Kier molecular flexibility index (Phi) is 3.73. The number of Topliss-reactive ketones (excluding diaryl/α,β-unsaturated/α-hetero) is 1. The van der Waals surface area contributed by atoms with Crippen LogP contribution in [0.3, 0.4) is 0 Å². The molecule has 4 heteroatoms. The number of hydrogen-bond acceptors (Lipinski definition) is 2. The molecule has 134 valence electrons. The number of hydrogen-bond donors (Lipinski definition) is 1. The van der Waals surface area contributed by atoms with Gasteiger partial charge in [0.05, 0.1) is 0 Å². The number of aliphatic hydroxyl groups is 1. The second kappa shape index (κ2) is 5.36. The van der Waals surface area contributed by atoms with Crippen LogP contribution >= 0.6 is 0 Å². The Hall–Kier alpha value is -0.770. The number of carbonyl (C=O) groups is 1. The lowest BCUT2D eigenvalue weighted by atomic mass is 9.45. The minimum absolute atomic E-state index is 0.0201. The van der Waals surface area contributed by atoms with Crippen LogP contribution in [0, 0.1) is 34.5 Å². The minimum atomic E-state index is -2.35. The summed E-state index contributed by atoms with van der Waals surface area (Å²) in [6.07, 6.45) is 4.59. The summed E-state index contributed by atoms with van der Waals surface area (Å²) >= 11 is 0. The lowest BCUT2D eigenvalue weighted by Crippen LogP contribution is -2.54. The fourth-order valence-electron chi connectivity index (χ4n) is 6.86. The molecule has 0 aromatic rings. The van der Waals surface area contributed by atoms with Gasteiger partial charge in [-0.2, -0.15) is 0 Å². The summed E-state index contributed by atoms with van der Waals surface area (Å²) < 4.78 is 28.0. The standard InChI is InChI=1S/C20H28F2O2/c1-19-7-4-3-5-11(19)9-12(18(21)22)16-13(19)6-8-20(2)14(16)10-15(23)17(20)24/h5,12-16,18,23H,3-4,6-10H2,1-2H3/t12-,13+,14+,15-,16-,19+,20+/m1/s1. The van der Waals surface area contributed by atoms with Crippen molar-refractivity contribution in [3.63, 3.8) is 0 Å². The molecule has 7 atom stereocenters. The van der Waals surface area contributed by atoms with Gasteiger partial charge in [0.25, 0.3) is 0 Å². The quantitative estimate of drug-likeness (QED) is 0.721. The molecule has 0 spiro atoms. The highest BCUT2D eigenvalue weighted by atomic mass is 19.3. The number of ketones is 1. The van der Waals surface area contributed by atoms with Gasteiger partial charge in [-0.15, -0.1) is 0 Å². The molecule has 0 bridgehead atoms. The molecular weight excluding hydrogens is 310 g/mol. The smallest absolute Gasteiger partial charge is 0.242 e. The van der Waals surface area contributed by atoms with Crippen LogP contribution in [0.4, 0.5) is 8.78 Å². The first-order chi connectivity index (χ1) is 11.3. The summed E-state index contributed by atoms with van der Waals surface area (Å²) in [5, 5.41) is 10.2.